The number of rotatable bonds is 4. The Kier molecular flexibility index (Phi) is 2.76. The van der Waals surface area contributed by atoms with E-state index in [1.807, 2.05) is 13.0 Å². The van der Waals surface area contributed by atoms with Crippen LogP contribution in [0.4, 0.5) is 6.01 Å². The molecule has 3 atom stereocenters. The van der Waals surface area contributed by atoms with Crippen molar-refractivity contribution in [2.24, 2.45) is 5.73 Å². The van der Waals surface area contributed by atoms with Crippen molar-refractivity contribution < 1.29 is 4.42 Å². The number of aromatic nitrogens is 2. The van der Waals surface area contributed by atoms with E-state index in [0.717, 1.165) is 6.42 Å². The first kappa shape index (κ1) is 11.2. The van der Waals surface area contributed by atoms with E-state index < -0.39 is 0 Å². The Morgan fingerprint density at radius 2 is 2.11 bits per heavy atom. The van der Waals surface area contributed by atoms with Gasteiger partial charge in [-0.3, -0.25) is 0 Å². The second-order valence-corrected chi connectivity index (χ2v) is 4.74. The quantitative estimate of drug-likeness (QED) is 0.860. The van der Waals surface area contributed by atoms with Gasteiger partial charge in [-0.2, -0.15) is 0 Å². The topological polar surface area (TPSA) is 77.0 Å². The monoisotopic (exact) mass is 244 g/mol. The normalized spacial score (nSPS) is 23.7. The van der Waals surface area contributed by atoms with Crippen LogP contribution >= 0.6 is 0 Å². The molecule has 0 radical (unpaired) electrons. The summed E-state index contributed by atoms with van der Waals surface area (Å²) in [5.74, 6) is 1.01. The maximum Gasteiger partial charge on any atom is 0.315 e. The van der Waals surface area contributed by atoms with Gasteiger partial charge in [0.1, 0.15) is 0 Å². The van der Waals surface area contributed by atoms with Gasteiger partial charge in [-0.1, -0.05) is 35.4 Å². The molecule has 0 amide bonds. The minimum Gasteiger partial charge on any atom is -0.406 e. The lowest BCUT2D eigenvalue weighted by atomic mass is 10.1. The molecule has 0 bridgehead atoms. The van der Waals surface area contributed by atoms with E-state index in [0.29, 0.717) is 23.9 Å². The first-order valence-electron chi connectivity index (χ1n) is 6.14. The second-order valence-electron chi connectivity index (χ2n) is 4.74. The molecule has 3 rings (SSSR count). The lowest BCUT2D eigenvalue weighted by Gasteiger charge is -2.01. The largest absolute Gasteiger partial charge is 0.406 e. The number of nitrogens with one attached hydrogen (secondary N) is 1. The molecule has 5 heteroatoms. The van der Waals surface area contributed by atoms with Crippen molar-refractivity contribution in [2.75, 3.05) is 5.32 Å². The van der Waals surface area contributed by atoms with Gasteiger partial charge in [0, 0.05) is 12.0 Å². The number of nitrogens with zero attached hydrogens (tertiary/aromatic N) is 2. The Hall–Kier alpha value is -1.88. The van der Waals surface area contributed by atoms with Gasteiger partial charge in [-0.05, 0) is 18.9 Å². The van der Waals surface area contributed by atoms with Crippen LogP contribution in [0.5, 0.6) is 0 Å². The minimum atomic E-state index is -0.225. The fourth-order valence-corrected chi connectivity index (χ4v) is 2.06. The van der Waals surface area contributed by atoms with Crippen molar-refractivity contribution in [3.63, 3.8) is 0 Å². The van der Waals surface area contributed by atoms with Gasteiger partial charge in [0.05, 0.1) is 6.04 Å². The zero-order valence-corrected chi connectivity index (χ0v) is 10.2. The molecule has 18 heavy (non-hydrogen) atoms. The molecule has 0 saturated heterocycles. The highest BCUT2D eigenvalue weighted by atomic mass is 16.4. The van der Waals surface area contributed by atoms with Gasteiger partial charge in [0.2, 0.25) is 5.89 Å². The number of benzene rings is 1. The summed E-state index contributed by atoms with van der Waals surface area (Å²) in [6, 6.07) is 11.1. The van der Waals surface area contributed by atoms with E-state index in [9.17, 15) is 0 Å². The van der Waals surface area contributed by atoms with Gasteiger partial charge in [0.15, 0.2) is 0 Å². The molecule has 1 aromatic heterocycles. The fraction of sp³-hybridized carbons (Fsp3) is 0.385. The first-order chi connectivity index (χ1) is 8.74. The van der Waals surface area contributed by atoms with Crippen LogP contribution < -0.4 is 11.1 Å². The molecule has 1 heterocycles. The van der Waals surface area contributed by atoms with Crippen LogP contribution in [0.3, 0.4) is 0 Å². The van der Waals surface area contributed by atoms with E-state index in [4.69, 9.17) is 10.2 Å². The van der Waals surface area contributed by atoms with E-state index >= 15 is 0 Å². The molecular formula is C13H16N4O. The summed E-state index contributed by atoms with van der Waals surface area (Å²) in [6.45, 7) is 1.82. The van der Waals surface area contributed by atoms with Crippen molar-refractivity contribution in [2.45, 2.75) is 31.3 Å². The maximum absolute atomic E-state index is 5.67. The summed E-state index contributed by atoms with van der Waals surface area (Å²) < 4.78 is 5.42. The third-order valence-electron chi connectivity index (χ3n) is 3.16. The van der Waals surface area contributed by atoms with Crippen LogP contribution in [0.15, 0.2) is 34.7 Å². The number of nitrogens with two attached hydrogens (primary N) is 1. The van der Waals surface area contributed by atoms with Crippen LogP contribution in [-0.4, -0.2) is 16.2 Å². The third-order valence-corrected chi connectivity index (χ3v) is 3.16. The molecule has 1 aliphatic carbocycles. The van der Waals surface area contributed by atoms with Crippen LogP contribution in [0.2, 0.25) is 0 Å². The SMILES string of the molecule is CC(N)c1nnc(NC2CC2c2ccccc2)o1. The molecule has 3 N–H and O–H groups in total. The molecule has 1 fully saturated rings. The van der Waals surface area contributed by atoms with Crippen molar-refractivity contribution in [1.29, 1.82) is 0 Å². The Bertz CT molecular complexity index is 523. The summed E-state index contributed by atoms with van der Waals surface area (Å²) in [5.41, 5.74) is 7.02. The summed E-state index contributed by atoms with van der Waals surface area (Å²) in [7, 11) is 0. The number of hydrogen-bond donors (Lipinski definition) is 2. The van der Waals surface area contributed by atoms with Crippen LogP contribution in [-0.2, 0) is 0 Å². The van der Waals surface area contributed by atoms with Gasteiger partial charge < -0.3 is 15.5 Å². The average molecular weight is 244 g/mol. The molecular weight excluding hydrogens is 228 g/mol. The Labute approximate surface area is 105 Å². The highest BCUT2D eigenvalue weighted by Crippen LogP contribution is 2.42. The van der Waals surface area contributed by atoms with Crippen molar-refractivity contribution in [3.8, 4) is 0 Å². The summed E-state index contributed by atoms with van der Waals surface area (Å²) in [4.78, 5) is 0. The molecule has 0 aliphatic heterocycles. The molecule has 2 aromatic rings. The first-order valence-corrected chi connectivity index (χ1v) is 6.14. The minimum absolute atomic E-state index is 0.225. The third kappa shape index (κ3) is 2.22. The molecule has 94 valence electrons. The molecule has 1 aromatic carbocycles. The van der Waals surface area contributed by atoms with Gasteiger partial charge in [-0.25, -0.2) is 0 Å². The van der Waals surface area contributed by atoms with Crippen LogP contribution in [0.25, 0.3) is 0 Å². The molecule has 3 unspecified atom stereocenters. The van der Waals surface area contributed by atoms with Gasteiger partial charge in [0.25, 0.3) is 0 Å². The molecule has 0 spiro atoms. The highest BCUT2D eigenvalue weighted by Gasteiger charge is 2.39. The molecule has 5 nitrogen and oxygen atoms in total. The lowest BCUT2D eigenvalue weighted by molar-refractivity contribution is 0.472. The molecule has 1 aliphatic rings. The maximum atomic E-state index is 5.67. The van der Waals surface area contributed by atoms with Crippen molar-refractivity contribution in [3.05, 3.63) is 41.8 Å². The summed E-state index contributed by atoms with van der Waals surface area (Å²) >= 11 is 0. The van der Waals surface area contributed by atoms with Crippen LogP contribution in [0.1, 0.15) is 36.8 Å². The number of anilines is 1. The average Bonchev–Trinajstić information content (AvgIpc) is 2.97. The highest BCUT2D eigenvalue weighted by molar-refractivity contribution is 5.35. The predicted molar refractivity (Wildman–Crippen MR) is 68.1 cm³/mol. The van der Waals surface area contributed by atoms with Gasteiger partial charge in [-0.15, -0.1) is 5.10 Å². The van der Waals surface area contributed by atoms with Gasteiger partial charge >= 0.3 is 6.01 Å². The fourth-order valence-electron chi connectivity index (χ4n) is 2.06. The number of hydrogen-bond acceptors (Lipinski definition) is 5. The smallest absolute Gasteiger partial charge is 0.315 e. The molecule has 1 saturated carbocycles. The van der Waals surface area contributed by atoms with E-state index in [1.54, 1.807) is 0 Å². The van der Waals surface area contributed by atoms with E-state index in [1.165, 1.54) is 5.56 Å². The lowest BCUT2D eigenvalue weighted by Crippen LogP contribution is -2.05. The zero-order valence-electron chi connectivity index (χ0n) is 10.2. The Morgan fingerprint density at radius 3 is 2.78 bits per heavy atom. The summed E-state index contributed by atoms with van der Waals surface area (Å²) in [6.07, 6.45) is 1.10. The van der Waals surface area contributed by atoms with E-state index in [-0.39, 0.29) is 6.04 Å². The Balaban J connectivity index is 1.62. The zero-order chi connectivity index (χ0) is 12.5. The van der Waals surface area contributed by atoms with Crippen molar-refractivity contribution in [1.82, 2.24) is 10.2 Å². The van der Waals surface area contributed by atoms with Crippen LogP contribution in [0, 0.1) is 0 Å². The predicted octanol–water partition coefficient (Wildman–Crippen LogP) is 2.06. The van der Waals surface area contributed by atoms with Crippen molar-refractivity contribution >= 4 is 6.01 Å². The second kappa shape index (κ2) is 4.42. The Morgan fingerprint density at radius 1 is 1.33 bits per heavy atom. The standard InChI is InChI=1S/C13H16N4O/c1-8(14)12-16-17-13(18-12)15-11-7-10(11)9-5-3-2-4-6-9/h2-6,8,10-11H,7,14H2,1H3,(H,15,17). The summed E-state index contributed by atoms with van der Waals surface area (Å²) in [5, 5.41) is 11.1. The van der Waals surface area contributed by atoms with E-state index in [2.05, 4.69) is 39.8 Å².